The Morgan fingerprint density at radius 3 is 2.50 bits per heavy atom. The fourth-order valence-corrected chi connectivity index (χ4v) is 4.42. The third-order valence-electron chi connectivity index (χ3n) is 6.41. The average Bonchev–Trinajstić information content (AvgIpc) is 3.49. The summed E-state index contributed by atoms with van der Waals surface area (Å²) in [5, 5.41) is 2.91. The lowest BCUT2D eigenvalue weighted by Crippen LogP contribution is -3.28. The van der Waals surface area contributed by atoms with E-state index in [2.05, 4.69) is 5.32 Å². The standard InChI is InChI=1S/C20H27FN4O3/c1-20(15-4-5-15)18(26)25(19(27)22-20)13-24-9-7-23(8-10-24)12-14-3-6-17(28-2)16(21)11-14/h3,6,11,15H,4-5,7-10,12-13H2,1-2H3,(H,22,27)/p+2/t20-/m0/s1. The van der Waals surface area contributed by atoms with Gasteiger partial charge in [0, 0.05) is 5.56 Å². The van der Waals surface area contributed by atoms with E-state index in [1.54, 1.807) is 6.07 Å². The third kappa shape index (κ3) is 3.58. The quantitative estimate of drug-likeness (QED) is 0.533. The van der Waals surface area contributed by atoms with Gasteiger partial charge in [0.1, 0.15) is 38.3 Å². The van der Waals surface area contributed by atoms with E-state index in [1.807, 2.05) is 13.0 Å². The number of piperazine rings is 1. The van der Waals surface area contributed by atoms with Gasteiger partial charge in [0.15, 0.2) is 18.2 Å². The molecule has 3 aliphatic rings. The van der Waals surface area contributed by atoms with E-state index >= 15 is 0 Å². The van der Waals surface area contributed by atoms with Crippen molar-refractivity contribution in [2.24, 2.45) is 5.92 Å². The third-order valence-corrected chi connectivity index (χ3v) is 6.41. The van der Waals surface area contributed by atoms with Crippen LogP contribution in [-0.4, -0.2) is 62.3 Å². The fraction of sp³-hybridized carbons (Fsp3) is 0.600. The Balaban J connectivity index is 1.29. The Kier molecular flexibility index (Phi) is 5.01. The Labute approximate surface area is 164 Å². The van der Waals surface area contributed by atoms with E-state index < -0.39 is 5.54 Å². The van der Waals surface area contributed by atoms with Gasteiger partial charge in [-0.15, -0.1) is 0 Å². The van der Waals surface area contributed by atoms with Gasteiger partial charge in [-0.2, -0.15) is 0 Å². The van der Waals surface area contributed by atoms with Crippen LogP contribution in [0.3, 0.4) is 0 Å². The predicted molar refractivity (Wildman–Crippen MR) is 99.4 cm³/mol. The number of quaternary nitrogens is 2. The van der Waals surface area contributed by atoms with Gasteiger partial charge in [0.25, 0.3) is 5.91 Å². The maximum absolute atomic E-state index is 13.9. The Morgan fingerprint density at radius 2 is 1.89 bits per heavy atom. The molecule has 28 heavy (non-hydrogen) atoms. The van der Waals surface area contributed by atoms with Crippen LogP contribution in [0.1, 0.15) is 25.3 Å². The highest BCUT2D eigenvalue weighted by molar-refractivity contribution is 6.07. The first-order chi connectivity index (χ1) is 13.4. The van der Waals surface area contributed by atoms with Gasteiger partial charge in [-0.25, -0.2) is 14.1 Å². The second-order valence-corrected chi connectivity index (χ2v) is 8.44. The molecule has 1 aliphatic carbocycles. The highest BCUT2D eigenvalue weighted by Gasteiger charge is 2.56. The van der Waals surface area contributed by atoms with Crippen molar-refractivity contribution in [1.29, 1.82) is 0 Å². The van der Waals surface area contributed by atoms with Gasteiger partial charge in [0.05, 0.1) is 7.11 Å². The Morgan fingerprint density at radius 1 is 1.21 bits per heavy atom. The van der Waals surface area contributed by atoms with Crippen molar-refractivity contribution >= 4 is 11.9 Å². The summed E-state index contributed by atoms with van der Waals surface area (Å²) < 4.78 is 18.8. The van der Waals surface area contributed by atoms with Crippen molar-refractivity contribution < 1.29 is 28.5 Å². The van der Waals surface area contributed by atoms with Crippen LogP contribution >= 0.6 is 0 Å². The molecule has 0 spiro atoms. The zero-order chi connectivity index (χ0) is 19.9. The van der Waals surface area contributed by atoms with Crippen LogP contribution in [0.2, 0.25) is 0 Å². The number of amides is 3. The number of urea groups is 1. The smallest absolute Gasteiger partial charge is 0.329 e. The van der Waals surface area contributed by atoms with Crippen LogP contribution in [0.15, 0.2) is 18.2 Å². The number of halogens is 1. The molecule has 7 nitrogen and oxygen atoms in total. The van der Waals surface area contributed by atoms with E-state index in [1.165, 1.54) is 27.9 Å². The van der Waals surface area contributed by atoms with Crippen molar-refractivity contribution in [3.8, 4) is 5.75 Å². The number of hydrogen-bond acceptors (Lipinski definition) is 3. The molecule has 0 radical (unpaired) electrons. The molecular weight excluding hydrogens is 363 g/mol. The van der Waals surface area contributed by atoms with Gasteiger partial charge >= 0.3 is 6.03 Å². The van der Waals surface area contributed by atoms with E-state index in [0.29, 0.717) is 6.67 Å². The highest BCUT2D eigenvalue weighted by atomic mass is 19.1. The number of nitrogens with zero attached hydrogens (tertiary/aromatic N) is 1. The first kappa shape index (κ1) is 19.1. The minimum absolute atomic E-state index is 0.0732. The summed E-state index contributed by atoms with van der Waals surface area (Å²) in [6, 6.07) is 4.85. The fourth-order valence-electron chi connectivity index (χ4n) is 4.42. The van der Waals surface area contributed by atoms with Gasteiger partial charge in [-0.3, -0.25) is 4.79 Å². The first-order valence-electron chi connectivity index (χ1n) is 10.0. The molecule has 1 saturated carbocycles. The van der Waals surface area contributed by atoms with Crippen molar-refractivity contribution in [3.05, 3.63) is 29.6 Å². The van der Waals surface area contributed by atoms with Gasteiger partial charge in [-0.05, 0) is 43.9 Å². The summed E-state index contributed by atoms with van der Waals surface area (Å²) in [6.45, 7) is 6.65. The zero-order valence-corrected chi connectivity index (χ0v) is 16.5. The zero-order valence-electron chi connectivity index (χ0n) is 16.5. The maximum Gasteiger partial charge on any atom is 0.329 e. The lowest BCUT2D eigenvalue weighted by Gasteiger charge is -2.31. The monoisotopic (exact) mass is 392 g/mol. The van der Waals surface area contributed by atoms with E-state index in [-0.39, 0.29) is 29.4 Å². The molecule has 1 atom stereocenters. The van der Waals surface area contributed by atoms with Crippen LogP contribution < -0.4 is 19.9 Å². The van der Waals surface area contributed by atoms with E-state index in [4.69, 9.17) is 4.74 Å². The molecule has 1 aromatic rings. The number of methoxy groups -OCH3 is 1. The second kappa shape index (κ2) is 7.33. The van der Waals surface area contributed by atoms with Crippen molar-refractivity contribution in [2.75, 3.05) is 40.0 Å². The van der Waals surface area contributed by atoms with Crippen LogP contribution in [-0.2, 0) is 11.3 Å². The molecule has 1 aromatic carbocycles. The van der Waals surface area contributed by atoms with E-state index in [0.717, 1.165) is 51.1 Å². The molecule has 2 heterocycles. The summed E-state index contributed by atoms with van der Waals surface area (Å²) in [4.78, 5) is 29.1. The minimum atomic E-state index is -0.706. The van der Waals surface area contributed by atoms with Gasteiger partial charge < -0.3 is 19.9 Å². The predicted octanol–water partition coefficient (Wildman–Crippen LogP) is -1.20. The molecule has 0 bridgehead atoms. The molecular formula is C20H29FN4O3+2. The SMILES string of the molecule is COc1ccc(C[NH+]2CC[NH+](CN3C(=O)N[C@@](C)(C4CC4)C3=O)CC2)cc1F. The molecule has 2 saturated heterocycles. The van der Waals surface area contributed by atoms with Crippen LogP contribution in [0.5, 0.6) is 5.75 Å². The molecule has 3 fully saturated rings. The molecule has 2 aliphatic heterocycles. The lowest BCUT2D eigenvalue weighted by atomic mass is 9.96. The summed E-state index contributed by atoms with van der Waals surface area (Å²) in [6.07, 6.45) is 2.02. The molecule has 0 unspecified atom stereocenters. The summed E-state index contributed by atoms with van der Waals surface area (Å²) in [5.74, 6) is 0.145. The summed E-state index contributed by atoms with van der Waals surface area (Å²) >= 11 is 0. The normalized spacial score (nSPS) is 30.5. The maximum atomic E-state index is 13.9. The van der Waals surface area contributed by atoms with Crippen LogP contribution in [0.4, 0.5) is 9.18 Å². The summed E-state index contributed by atoms with van der Waals surface area (Å²) in [5.41, 5.74) is 0.244. The van der Waals surface area contributed by atoms with Crippen LogP contribution in [0, 0.1) is 11.7 Å². The number of benzene rings is 1. The second-order valence-electron chi connectivity index (χ2n) is 8.44. The van der Waals surface area contributed by atoms with Gasteiger partial charge in [-0.1, -0.05) is 0 Å². The number of nitrogens with one attached hydrogen (secondary N) is 3. The number of imide groups is 1. The van der Waals surface area contributed by atoms with Crippen molar-refractivity contribution in [3.63, 3.8) is 0 Å². The first-order valence-corrected chi connectivity index (χ1v) is 10.0. The number of hydrogen-bond donors (Lipinski definition) is 3. The Hall–Kier alpha value is -2.19. The lowest BCUT2D eigenvalue weighted by molar-refractivity contribution is -1.02. The number of carbonyl (C=O) groups is 2. The number of rotatable bonds is 6. The number of carbonyl (C=O) groups excluding carboxylic acids is 2. The Bertz CT molecular complexity index is 777. The topological polar surface area (TPSA) is 67.5 Å². The van der Waals surface area contributed by atoms with Crippen molar-refractivity contribution in [2.45, 2.75) is 31.8 Å². The highest BCUT2D eigenvalue weighted by Crippen LogP contribution is 2.42. The van der Waals surface area contributed by atoms with Gasteiger partial charge in [0.2, 0.25) is 0 Å². The number of ether oxygens (including phenoxy) is 1. The molecule has 4 rings (SSSR count). The molecule has 0 aromatic heterocycles. The molecule has 8 heteroatoms. The minimum Gasteiger partial charge on any atom is -0.494 e. The van der Waals surface area contributed by atoms with E-state index in [9.17, 15) is 14.0 Å². The largest absolute Gasteiger partial charge is 0.494 e. The molecule has 152 valence electrons. The molecule has 3 N–H and O–H groups in total. The molecule has 3 amide bonds. The van der Waals surface area contributed by atoms with Crippen LogP contribution in [0.25, 0.3) is 0 Å². The summed E-state index contributed by atoms with van der Waals surface area (Å²) in [7, 11) is 1.46. The average molecular weight is 392 g/mol. The van der Waals surface area contributed by atoms with Crippen molar-refractivity contribution in [1.82, 2.24) is 10.2 Å².